The van der Waals surface area contributed by atoms with Crippen molar-refractivity contribution in [2.24, 2.45) is 0 Å². The number of nitrogen functional groups attached to an aromatic ring is 1. The molecule has 0 saturated carbocycles. The predicted molar refractivity (Wildman–Crippen MR) is 84.9 cm³/mol. The van der Waals surface area contributed by atoms with Crippen LogP contribution in [0.4, 0.5) is 5.69 Å². The Morgan fingerprint density at radius 3 is 2.16 bits per heavy atom. The third kappa shape index (κ3) is 3.32. The summed E-state index contributed by atoms with van der Waals surface area (Å²) in [5.41, 5.74) is 9.53. The monoisotopic (exact) mass is 271 g/mol. The Kier molecular flexibility index (Phi) is 3.91. The average molecular weight is 271 g/mol. The Bertz CT molecular complexity index is 565. The first-order valence-corrected chi connectivity index (χ1v) is 7.33. The van der Waals surface area contributed by atoms with Crippen molar-refractivity contribution in [3.8, 4) is 0 Å². The van der Waals surface area contributed by atoms with Gasteiger partial charge in [-0.1, -0.05) is 50.7 Å². The molecule has 100 valence electrons. The summed E-state index contributed by atoms with van der Waals surface area (Å²) in [6.07, 6.45) is 0. The first-order chi connectivity index (χ1) is 8.88. The molecule has 2 aromatic rings. The van der Waals surface area contributed by atoms with E-state index in [0.29, 0.717) is 0 Å². The van der Waals surface area contributed by atoms with Crippen LogP contribution in [0.15, 0.2) is 52.3 Å². The van der Waals surface area contributed by atoms with Crippen LogP contribution in [0.2, 0.25) is 0 Å². The average Bonchev–Trinajstić information content (AvgIpc) is 2.35. The highest BCUT2D eigenvalue weighted by Crippen LogP contribution is 2.33. The first kappa shape index (κ1) is 14.0. The van der Waals surface area contributed by atoms with E-state index in [1.165, 1.54) is 15.4 Å². The molecule has 0 aliphatic carbocycles. The fourth-order valence-electron chi connectivity index (χ4n) is 1.89. The Hall–Kier alpha value is -1.41. The molecule has 0 unspecified atom stereocenters. The Morgan fingerprint density at radius 2 is 1.58 bits per heavy atom. The molecule has 0 aliphatic rings. The molecule has 0 atom stereocenters. The van der Waals surface area contributed by atoms with Gasteiger partial charge in [-0.15, -0.1) is 0 Å². The van der Waals surface area contributed by atoms with Crippen molar-refractivity contribution < 1.29 is 0 Å². The van der Waals surface area contributed by atoms with E-state index in [4.69, 9.17) is 5.73 Å². The van der Waals surface area contributed by atoms with E-state index in [2.05, 4.69) is 58.0 Å². The lowest BCUT2D eigenvalue weighted by Gasteiger charge is -2.19. The molecule has 0 fully saturated rings. The fraction of sp³-hybridized carbons (Fsp3) is 0.294. The molecule has 0 heterocycles. The Morgan fingerprint density at radius 1 is 0.947 bits per heavy atom. The minimum absolute atomic E-state index is 0.205. The lowest BCUT2D eigenvalue weighted by atomic mass is 9.87. The molecule has 0 radical (unpaired) electrons. The number of rotatable bonds is 2. The second kappa shape index (κ2) is 5.30. The van der Waals surface area contributed by atoms with Gasteiger partial charge >= 0.3 is 0 Å². The summed E-state index contributed by atoms with van der Waals surface area (Å²) in [5.74, 6) is 0. The van der Waals surface area contributed by atoms with E-state index in [0.717, 1.165) is 11.3 Å². The minimum atomic E-state index is 0.205. The summed E-state index contributed by atoms with van der Waals surface area (Å²) >= 11 is 1.77. The van der Waals surface area contributed by atoms with Crippen LogP contribution in [0.25, 0.3) is 0 Å². The van der Waals surface area contributed by atoms with Crippen LogP contribution < -0.4 is 5.73 Å². The molecule has 1 nitrogen and oxygen atoms in total. The van der Waals surface area contributed by atoms with Gasteiger partial charge in [0.25, 0.3) is 0 Å². The zero-order chi connectivity index (χ0) is 14.0. The lowest BCUT2D eigenvalue weighted by molar-refractivity contribution is 0.590. The molecule has 0 amide bonds. The normalized spacial score (nSPS) is 11.6. The van der Waals surface area contributed by atoms with Crippen molar-refractivity contribution in [3.05, 3.63) is 53.6 Å². The zero-order valence-electron chi connectivity index (χ0n) is 12.0. The number of benzene rings is 2. The molecular formula is C17H21NS. The van der Waals surface area contributed by atoms with Crippen molar-refractivity contribution in [1.29, 1.82) is 0 Å². The second-order valence-electron chi connectivity index (χ2n) is 5.85. The maximum Gasteiger partial charge on any atom is 0.0355 e. The van der Waals surface area contributed by atoms with E-state index in [-0.39, 0.29) is 5.41 Å². The standard InChI is InChI=1S/C17H21NS/c1-12-15(18)6-5-7-16(12)19-14-10-8-13(9-11-14)17(2,3)4/h5-11H,18H2,1-4H3. The van der Waals surface area contributed by atoms with Crippen LogP contribution in [0, 0.1) is 6.92 Å². The maximum atomic E-state index is 5.94. The van der Waals surface area contributed by atoms with E-state index in [1.807, 2.05) is 12.1 Å². The van der Waals surface area contributed by atoms with Crippen molar-refractivity contribution in [3.63, 3.8) is 0 Å². The minimum Gasteiger partial charge on any atom is -0.398 e. The van der Waals surface area contributed by atoms with Crippen LogP contribution >= 0.6 is 11.8 Å². The molecule has 2 aromatic carbocycles. The van der Waals surface area contributed by atoms with Crippen LogP contribution in [0.1, 0.15) is 31.9 Å². The van der Waals surface area contributed by atoms with Gasteiger partial charge in [-0.25, -0.2) is 0 Å². The van der Waals surface area contributed by atoms with Crippen molar-refractivity contribution in [2.75, 3.05) is 5.73 Å². The van der Waals surface area contributed by atoms with Crippen LogP contribution in [-0.4, -0.2) is 0 Å². The summed E-state index contributed by atoms with van der Waals surface area (Å²) in [6, 6.07) is 14.9. The van der Waals surface area contributed by atoms with E-state index in [1.54, 1.807) is 11.8 Å². The smallest absolute Gasteiger partial charge is 0.0355 e. The van der Waals surface area contributed by atoms with Gasteiger partial charge in [-0.05, 0) is 47.7 Å². The van der Waals surface area contributed by atoms with E-state index >= 15 is 0 Å². The summed E-state index contributed by atoms with van der Waals surface area (Å²) in [6.45, 7) is 8.77. The number of anilines is 1. The quantitative estimate of drug-likeness (QED) is 0.776. The van der Waals surface area contributed by atoms with Crippen molar-refractivity contribution in [1.82, 2.24) is 0 Å². The fourth-order valence-corrected chi connectivity index (χ4v) is 2.84. The molecule has 2 heteroatoms. The first-order valence-electron chi connectivity index (χ1n) is 6.51. The van der Waals surface area contributed by atoms with Gasteiger partial charge in [0.1, 0.15) is 0 Å². The SMILES string of the molecule is Cc1c(N)cccc1Sc1ccc(C(C)(C)C)cc1. The topological polar surface area (TPSA) is 26.0 Å². The van der Waals surface area contributed by atoms with Gasteiger partial charge in [0.05, 0.1) is 0 Å². The number of hydrogen-bond acceptors (Lipinski definition) is 2. The molecule has 2 N–H and O–H groups in total. The maximum absolute atomic E-state index is 5.94. The molecule has 0 saturated heterocycles. The largest absolute Gasteiger partial charge is 0.398 e. The van der Waals surface area contributed by atoms with Gasteiger partial charge in [-0.2, -0.15) is 0 Å². The van der Waals surface area contributed by atoms with Gasteiger partial charge in [-0.3, -0.25) is 0 Å². The number of hydrogen-bond donors (Lipinski definition) is 1. The zero-order valence-corrected chi connectivity index (χ0v) is 12.8. The van der Waals surface area contributed by atoms with Crippen molar-refractivity contribution in [2.45, 2.75) is 42.9 Å². The second-order valence-corrected chi connectivity index (χ2v) is 6.96. The van der Waals surface area contributed by atoms with Crippen LogP contribution in [-0.2, 0) is 5.41 Å². The molecule has 0 spiro atoms. The summed E-state index contributed by atoms with van der Waals surface area (Å²) < 4.78 is 0. The van der Waals surface area contributed by atoms with Gasteiger partial charge in [0, 0.05) is 15.5 Å². The summed E-state index contributed by atoms with van der Waals surface area (Å²) in [7, 11) is 0. The summed E-state index contributed by atoms with van der Waals surface area (Å²) in [5, 5.41) is 0. The Balaban J connectivity index is 2.23. The van der Waals surface area contributed by atoms with E-state index in [9.17, 15) is 0 Å². The van der Waals surface area contributed by atoms with Crippen LogP contribution in [0.3, 0.4) is 0 Å². The Labute approximate surface area is 120 Å². The molecule has 0 aliphatic heterocycles. The van der Waals surface area contributed by atoms with Crippen LogP contribution in [0.5, 0.6) is 0 Å². The molecular weight excluding hydrogens is 250 g/mol. The lowest BCUT2D eigenvalue weighted by Crippen LogP contribution is -2.10. The highest BCUT2D eigenvalue weighted by atomic mass is 32.2. The molecule has 0 bridgehead atoms. The van der Waals surface area contributed by atoms with Gasteiger partial charge < -0.3 is 5.73 Å². The third-order valence-corrected chi connectivity index (χ3v) is 4.44. The highest BCUT2D eigenvalue weighted by Gasteiger charge is 2.13. The molecule has 2 rings (SSSR count). The summed E-state index contributed by atoms with van der Waals surface area (Å²) in [4.78, 5) is 2.48. The van der Waals surface area contributed by atoms with Gasteiger partial charge in [0.15, 0.2) is 0 Å². The molecule has 19 heavy (non-hydrogen) atoms. The van der Waals surface area contributed by atoms with Crippen molar-refractivity contribution >= 4 is 17.4 Å². The van der Waals surface area contributed by atoms with Gasteiger partial charge in [0.2, 0.25) is 0 Å². The third-order valence-electron chi connectivity index (χ3n) is 3.27. The van der Waals surface area contributed by atoms with E-state index < -0.39 is 0 Å². The number of nitrogens with two attached hydrogens (primary N) is 1. The molecule has 0 aromatic heterocycles. The predicted octanol–water partition coefficient (Wildman–Crippen LogP) is 5.03. The highest BCUT2D eigenvalue weighted by molar-refractivity contribution is 7.99.